The largest absolute Gasteiger partial charge is 0.374 e. The lowest BCUT2D eigenvalue weighted by atomic mass is 9.89. The molecule has 0 saturated carbocycles. The second-order valence-electron chi connectivity index (χ2n) is 3.77. The minimum absolute atomic E-state index is 0.142. The van der Waals surface area contributed by atoms with Crippen LogP contribution in [0.2, 0.25) is 0 Å². The van der Waals surface area contributed by atoms with Crippen LogP contribution in [0.1, 0.15) is 26.7 Å². The third-order valence-corrected chi connectivity index (χ3v) is 3.10. The summed E-state index contributed by atoms with van der Waals surface area (Å²) < 4.78 is 5.67. The maximum atomic E-state index is 11.5. The third-order valence-electron chi connectivity index (χ3n) is 3.10. The smallest absolute Gasteiger partial charge is 0.143 e. The maximum absolute atomic E-state index is 11.5. The average Bonchev–Trinajstić information content (AvgIpc) is 2.44. The molecule has 2 heterocycles. The standard InChI is InChI=1S/C9H14O2/c1-5-7-3-4-8(11-7)6(2)9(5)10/h5-8H,3-4H2,1-2H3/t5-,6?,7?,8?/m0/s1. The highest BCUT2D eigenvalue weighted by molar-refractivity contribution is 5.84. The van der Waals surface area contributed by atoms with Crippen molar-refractivity contribution in [2.24, 2.45) is 11.8 Å². The van der Waals surface area contributed by atoms with E-state index in [9.17, 15) is 4.79 Å². The van der Waals surface area contributed by atoms with Gasteiger partial charge in [0.1, 0.15) is 5.78 Å². The van der Waals surface area contributed by atoms with Crippen molar-refractivity contribution < 1.29 is 9.53 Å². The van der Waals surface area contributed by atoms with E-state index in [0.29, 0.717) is 5.78 Å². The Hall–Kier alpha value is -0.370. The lowest BCUT2D eigenvalue weighted by Gasteiger charge is -2.30. The van der Waals surface area contributed by atoms with Gasteiger partial charge in [-0.05, 0) is 12.8 Å². The van der Waals surface area contributed by atoms with Crippen molar-refractivity contribution >= 4 is 5.78 Å². The van der Waals surface area contributed by atoms with E-state index in [4.69, 9.17) is 4.74 Å². The Morgan fingerprint density at radius 3 is 2.09 bits per heavy atom. The molecule has 62 valence electrons. The minimum Gasteiger partial charge on any atom is -0.374 e. The molecule has 0 aromatic carbocycles. The molecule has 11 heavy (non-hydrogen) atoms. The van der Waals surface area contributed by atoms with Crippen molar-refractivity contribution in [2.45, 2.75) is 38.9 Å². The number of carbonyl (C=O) groups is 1. The van der Waals surface area contributed by atoms with Crippen LogP contribution in [-0.2, 0) is 9.53 Å². The fourth-order valence-corrected chi connectivity index (χ4v) is 2.21. The Labute approximate surface area is 66.9 Å². The lowest BCUT2D eigenvalue weighted by Crippen LogP contribution is -2.40. The van der Waals surface area contributed by atoms with E-state index in [1.165, 1.54) is 0 Å². The van der Waals surface area contributed by atoms with Gasteiger partial charge in [-0.3, -0.25) is 4.79 Å². The molecule has 2 bridgehead atoms. The molecule has 2 fully saturated rings. The molecule has 3 unspecified atom stereocenters. The highest BCUT2D eigenvalue weighted by Gasteiger charge is 2.44. The Kier molecular flexibility index (Phi) is 1.53. The van der Waals surface area contributed by atoms with Crippen LogP contribution in [0.25, 0.3) is 0 Å². The van der Waals surface area contributed by atoms with E-state index in [1.807, 2.05) is 13.8 Å². The molecular formula is C9H14O2. The van der Waals surface area contributed by atoms with Crippen LogP contribution in [-0.4, -0.2) is 18.0 Å². The van der Waals surface area contributed by atoms with Gasteiger partial charge < -0.3 is 4.74 Å². The van der Waals surface area contributed by atoms with Gasteiger partial charge in [0.25, 0.3) is 0 Å². The molecule has 0 spiro atoms. The normalized spacial score (nSPS) is 49.8. The predicted octanol–water partition coefficient (Wildman–Crippen LogP) is 1.39. The quantitative estimate of drug-likeness (QED) is 0.527. The van der Waals surface area contributed by atoms with Crippen LogP contribution >= 0.6 is 0 Å². The minimum atomic E-state index is 0.142. The fraction of sp³-hybridized carbons (Fsp3) is 0.889. The molecular weight excluding hydrogens is 140 g/mol. The number of ether oxygens (including phenoxy) is 1. The first-order chi connectivity index (χ1) is 5.20. The van der Waals surface area contributed by atoms with Crippen molar-refractivity contribution in [1.82, 2.24) is 0 Å². The Bertz CT molecular complexity index is 170. The number of fused-ring (bicyclic) bond motifs is 2. The third kappa shape index (κ3) is 0.924. The molecule has 2 saturated heterocycles. The molecule has 4 atom stereocenters. The number of hydrogen-bond donors (Lipinski definition) is 0. The highest BCUT2D eigenvalue weighted by Crippen LogP contribution is 2.37. The summed E-state index contributed by atoms with van der Waals surface area (Å²) in [5, 5.41) is 0. The summed E-state index contributed by atoms with van der Waals surface area (Å²) in [6.45, 7) is 3.98. The highest BCUT2D eigenvalue weighted by atomic mass is 16.5. The number of hydrogen-bond acceptors (Lipinski definition) is 2. The van der Waals surface area contributed by atoms with Gasteiger partial charge in [-0.2, -0.15) is 0 Å². The van der Waals surface area contributed by atoms with Crippen LogP contribution in [0.5, 0.6) is 0 Å². The first-order valence-corrected chi connectivity index (χ1v) is 4.39. The van der Waals surface area contributed by atoms with Gasteiger partial charge in [-0.1, -0.05) is 13.8 Å². The molecule has 0 radical (unpaired) electrons. The van der Waals surface area contributed by atoms with Crippen LogP contribution in [0.15, 0.2) is 0 Å². The summed E-state index contributed by atoms with van der Waals surface area (Å²) in [5.41, 5.74) is 0. The Balaban J connectivity index is 2.23. The second kappa shape index (κ2) is 2.31. The first kappa shape index (κ1) is 7.29. The molecule has 0 aromatic heterocycles. The zero-order valence-electron chi connectivity index (χ0n) is 7.04. The molecule has 0 aliphatic carbocycles. The summed E-state index contributed by atoms with van der Waals surface area (Å²) in [6.07, 6.45) is 2.65. The fourth-order valence-electron chi connectivity index (χ4n) is 2.21. The summed E-state index contributed by atoms with van der Waals surface area (Å²) >= 11 is 0. The summed E-state index contributed by atoms with van der Waals surface area (Å²) in [6, 6.07) is 0. The molecule has 2 nitrogen and oxygen atoms in total. The molecule has 0 aromatic rings. The SMILES string of the molecule is CC1C(=O)[C@@H](C)C2CCC1O2. The van der Waals surface area contributed by atoms with Crippen molar-refractivity contribution in [3.63, 3.8) is 0 Å². The zero-order chi connectivity index (χ0) is 8.01. The van der Waals surface area contributed by atoms with Crippen molar-refractivity contribution in [3.05, 3.63) is 0 Å². The van der Waals surface area contributed by atoms with Gasteiger partial charge >= 0.3 is 0 Å². The van der Waals surface area contributed by atoms with Gasteiger partial charge in [0.2, 0.25) is 0 Å². The Morgan fingerprint density at radius 1 is 1.18 bits per heavy atom. The van der Waals surface area contributed by atoms with E-state index >= 15 is 0 Å². The van der Waals surface area contributed by atoms with E-state index in [0.717, 1.165) is 12.8 Å². The van der Waals surface area contributed by atoms with E-state index < -0.39 is 0 Å². The van der Waals surface area contributed by atoms with E-state index in [-0.39, 0.29) is 24.0 Å². The number of carbonyl (C=O) groups excluding carboxylic acids is 1. The summed E-state index contributed by atoms with van der Waals surface area (Å²) in [4.78, 5) is 11.5. The van der Waals surface area contributed by atoms with Gasteiger partial charge in [0.15, 0.2) is 0 Å². The van der Waals surface area contributed by atoms with Crippen LogP contribution in [0, 0.1) is 11.8 Å². The number of Topliss-reactive ketones (excluding diaryl/α,β-unsaturated/α-hetero) is 1. The first-order valence-electron chi connectivity index (χ1n) is 4.39. The number of rotatable bonds is 0. The topological polar surface area (TPSA) is 26.3 Å². The summed E-state index contributed by atoms with van der Waals surface area (Å²) in [5.74, 6) is 0.691. The lowest BCUT2D eigenvalue weighted by molar-refractivity contribution is -0.144. The van der Waals surface area contributed by atoms with Gasteiger partial charge in [-0.25, -0.2) is 0 Å². The molecule has 2 heteroatoms. The molecule has 0 amide bonds. The van der Waals surface area contributed by atoms with Crippen LogP contribution in [0.4, 0.5) is 0 Å². The van der Waals surface area contributed by atoms with E-state index in [1.54, 1.807) is 0 Å². The van der Waals surface area contributed by atoms with Crippen LogP contribution < -0.4 is 0 Å². The van der Waals surface area contributed by atoms with Crippen LogP contribution in [0.3, 0.4) is 0 Å². The molecule has 2 aliphatic heterocycles. The monoisotopic (exact) mass is 154 g/mol. The average molecular weight is 154 g/mol. The predicted molar refractivity (Wildman–Crippen MR) is 41.2 cm³/mol. The van der Waals surface area contributed by atoms with Crippen molar-refractivity contribution in [3.8, 4) is 0 Å². The number of ketones is 1. The zero-order valence-corrected chi connectivity index (χ0v) is 7.04. The molecule has 2 rings (SSSR count). The van der Waals surface area contributed by atoms with Gasteiger partial charge in [0.05, 0.1) is 12.2 Å². The second-order valence-corrected chi connectivity index (χ2v) is 3.77. The molecule has 2 aliphatic rings. The molecule has 0 N–H and O–H groups in total. The van der Waals surface area contributed by atoms with Gasteiger partial charge in [-0.15, -0.1) is 0 Å². The van der Waals surface area contributed by atoms with Crippen molar-refractivity contribution in [2.75, 3.05) is 0 Å². The van der Waals surface area contributed by atoms with E-state index in [2.05, 4.69) is 0 Å². The summed E-state index contributed by atoms with van der Waals surface area (Å²) in [7, 11) is 0. The maximum Gasteiger partial charge on any atom is 0.143 e. The Morgan fingerprint density at radius 2 is 1.64 bits per heavy atom. The van der Waals surface area contributed by atoms with Gasteiger partial charge in [0, 0.05) is 11.8 Å². The van der Waals surface area contributed by atoms with Crippen molar-refractivity contribution in [1.29, 1.82) is 0 Å².